The molecule has 0 aliphatic heterocycles. The molecule has 1 atom stereocenters. The molecule has 0 aromatic rings. The Morgan fingerprint density at radius 3 is 2.53 bits per heavy atom. The van der Waals surface area contributed by atoms with E-state index in [1.165, 1.54) is 26.2 Å². The van der Waals surface area contributed by atoms with Crippen molar-refractivity contribution in [2.45, 2.75) is 52.4 Å². The summed E-state index contributed by atoms with van der Waals surface area (Å²) in [7, 11) is 0. The highest BCUT2D eigenvalue weighted by atomic mass is 16.1. The Morgan fingerprint density at radius 2 is 2.00 bits per heavy atom. The van der Waals surface area contributed by atoms with Gasteiger partial charge in [0.2, 0.25) is 0 Å². The van der Waals surface area contributed by atoms with Crippen molar-refractivity contribution < 1.29 is 9.59 Å². The van der Waals surface area contributed by atoms with Crippen LogP contribution in [0.25, 0.3) is 0 Å². The molecule has 0 aromatic heterocycles. The molecule has 0 spiro atoms. The largest absolute Gasteiger partial charge is 0.303 e. The summed E-state index contributed by atoms with van der Waals surface area (Å²) in [4.78, 5) is 21.4. The number of Topliss-reactive ketones (excluding diaryl/α,β-unsaturated/α-hetero) is 1. The first-order chi connectivity index (χ1) is 7.20. The second kappa shape index (κ2) is 9.63. The van der Waals surface area contributed by atoms with E-state index in [0.29, 0.717) is 12.8 Å². The third-order valence-corrected chi connectivity index (χ3v) is 2.32. The molecule has 0 aromatic carbocycles. The molecule has 2 heteroatoms. The van der Waals surface area contributed by atoms with Crippen LogP contribution in [0.1, 0.15) is 52.4 Å². The Morgan fingerprint density at radius 1 is 1.27 bits per heavy atom. The quantitative estimate of drug-likeness (QED) is 0.332. The van der Waals surface area contributed by atoms with E-state index >= 15 is 0 Å². The Balaban J connectivity index is 3.60. The van der Waals surface area contributed by atoms with Crippen molar-refractivity contribution >= 4 is 12.1 Å². The number of allylic oxidation sites excluding steroid dienone is 2. The highest BCUT2D eigenvalue weighted by Gasteiger charge is 2.07. The molecule has 0 radical (unpaired) electrons. The molecule has 0 aliphatic carbocycles. The summed E-state index contributed by atoms with van der Waals surface area (Å²) in [6.07, 6.45) is 10.9. The maximum absolute atomic E-state index is 10.8. The summed E-state index contributed by atoms with van der Waals surface area (Å²) in [5.74, 6) is -0.0311. The van der Waals surface area contributed by atoms with Crippen LogP contribution in [-0.4, -0.2) is 12.1 Å². The smallest absolute Gasteiger partial charge is 0.130 e. The number of ketones is 1. The molecular formula is C13H22O2. The molecule has 86 valence electrons. The van der Waals surface area contributed by atoms with E-state index in [-0.39, 0.29) is 11.7 Å². The fraction of sp³-hybridized carbons (Fsp3) is 0.692. The molecule has 0 N–H and O–H groups in total. The fourth-order valence-corrected chi connectivity index (χ4v) is 1.46. The lowest BCUT2D eigenvalue weighted by atomic mass is 10.0. The van der Waals surface area contributed by atoms with Crippen LogP contribution in [-0.2, 0) is 9.59 Å². The van der Waals surface area contributed by atoms with Crippen molar-refractivity contribution in [1.82, 2.24) is 0 Å². The highest BCUT2D eigenvalue weighted by Crippen LogP contribution is 2.08. The van der Waals surface area contributed by atoms with Crippen LogP contribution in [0.15, 0.2) is 12.2 Å². The predicted molar refractivity (Wildman–Crippen MR) is 62.8 cm³/mol. The van der Waals surface area contributed by atoms with E-state index in [4.69, 9.17) is 0 Å². The maximum atomic E-state index is 10.8. The van der Waals surface area contributed by atoms with E-state index in [9.17, 15) is 9.59 Å². The number of hydrogen-bond acceptors (Lipinski definition) is 2. The zero-order valence-corrected chi connectivity index (χ0v) is 9.87. The third-order valence-electron chi connectivity index (χ3n) is 2.32. The lowest BCUT2D eigenvalue weighted by molar-refractivity contribution is -0.121. The van der Waals surface area contributed by atoms with Crippen molar-refractivity contribution in [1.29, 1.82) is 0 Å². The summed E-state index contributed by atoms with van der Waals surface area (Å²) >= 11 is 0. The third kappa shape index (κ3) is 9.39. The maximum Gasteiger partial charge on any atom is 0.130 e. The van der Waals surface area contributed by atoms with E-state index in [1.54, 1.807) is 0 Å². The number of unbranched alkanes of at least 4 members (excludes halogenated alkanes) is 3. The van der Waals surface area contributed by atoms with Gasteiger partial charge in [-0.15, -0.1) is 0 Å². The zero-order valence-electron chi connectivity index (χ0n) is 9.87. The van der Waals surface area contributed by atoms with E-state index < -0.39 is 0 Å². The molecule has 0 aliphatic rings. The van der Waals surface area contributed by atoms with Gasteiger partial charge in [0.05, 0.1) is 0 Å². The predicted octanol–water partition coefficient (Wildman–Crippen LogP) is 3.31. The van der Waals surface area contributed by atoms with E-state index in [2.05, 4.69) is 13.0 Å². The minimum Gasteiger partial charge on any atom is -0.303 e. The Bertz CT molecular complexity index is 207. The first kappa shape index (κ1) is 14.1. The Labute approximate surface area is 92.8 Å². The normalized spacial score (nSPS) is 12.9. The molecular weight excluding hydrogens is 188 g/mol. The number of carbonyl (C=O) groups is 2. The van der Waals surface area contributed by atoms with Crippen LogP contribution < -0.4 is 0 Å². The SMILES string of the molecule is CCCCC/C=C/C[C@@H](C=O)CC(C)=O. The summed E-state index contributed by atoms with van der Waals surface area (Å²) in [6.45, 7) is 3.71. The van der Waals surface area contributed by atoms with Crippen molar-refractivity contribution in [2.75, 3.05) is 0 Å². The van der Waals surface area contributed by atoms with Crippen LogP contribution in [0.4, 0.5) is 0 Å². The second-order valence-corrected chi connectivity index (χ2v) is 4.01. The summed E-state index contributed by atoms with van der Waals surface area (Å²) in [5, 5.41) is 0. The van der Waals surface area contributed by atoms with Gasteiger partial charge in [0.1, 0.15) is 12.1 Å². The van der Waals surface area contributed by atoms with Gasteiger partial charge in [-0.05, 0) is 26.2 Å². The summed E-state index contributed by atoms with van der Waals surface area (Å²) in [6, 6.07) is 0. The molecule has 0 fully saturated rings. The topological polar surface area (TPSA) is 34.1 Å². The number of carbonyl (C=O) groups excluding carboxylic acids is 2. The van der Waals surface area contributed by atoms with Crippen LogP contribution in [0.5, 0.6) is 0 Å². The van der Waals surface area contributed by atoms with Gasteiger partial charge >= 0.3 is 0 Å². The molecule has 0 amide bonds. The molecule has 0 rings (SSSR count). The molecule has 0 unspecified atom stereocenters. The Kier molecular flexibility index (Phi) is 9.04. The van der Waals surface area contributed by atoms with Crippen LogP contribution in [0, 0.1) is 5.92 Å². The van der Waals surface area contributed by atoms with Crippen molar-refractivity contribution in [2.24, 2.45) is 5.92 Å². The molecule has 2 nitrogen and oxygen atoms in total. The second-order valence-electron chi connectivity index (χ2n) is 4.01. The monoisotopic (exact) mass is 210 g/mol. The first-order valence-electron chi connectivity index (χ1n) is 5.80. The van der Waals surface area contributed by atoms with Gasteiger partial charge in [0, 0.05) is 12.3 Å². The molecule has 0 heterocycles. The van der Waals surface area contributed by atoms with Gasteiger partial charge in [-0.25, -0.2) is 0 Å². The first-order valence-corrected chi connectivity index (χ1v) is 5.80. The molecule has 0 bridgehead atoms. The molecule has 0 saturated heterocycles. The lowest BCUT2D eigenvalue weighted by Crippen LogP contribution is -2.05. The van der Waals surface area contributed by atoms with Gasteiger partial charge < -0.3 is 9.59 Å². The zero-order chi connectivity index (χ0) is 11.5. The molecule has 0 saturated carbocycles. The van der Waals surface area contributed by atoms with Crippen molar-refractivity contribution in [3.8, 4) is 0 Å². The number of aldehydes is 1. The van der Waals surface area contributed by atoms with Gasteiger partial charge in [0.15, 0.2) is 0 Å². The standard InChI is InChI=1S/C13H22O2/c1-3-4-5-6-7-8-9-13(11-14)10-12(2)15/h7-8,11,13H,3-6,9-10H2,1-2H3/b8-7+/t13-/m1/s1. The Hall–Kier alpha value is -0.920. The van der Waals surface area contributed by atoms with Crippen LogP contribution in [0.2, 0.25) is 0 Å². The summed E-state index contributed by atoms with van der Waals surface area (Å²) in [5.41, 5.74) is 0. The van der Waals surface area contributed by atoms with Gasteiger partial charge in [-0.3, -0.25) is 0 Å². The number of hydrogen-bond donors (Lipinski definition) is 0. The molecule has 15 heavy (non-hydrogen) atoms. The minimum absolute atomic E-state index is 0.0893. The van der Waals surface area contributed by atoms with Gasteiger partial charge in [0.25, 0.3) is 0 Å². The average molecular weight is 210 g/mol. The average Bonchev–Trinajstić information content (AvgIpc) is 2.20. The highest BCUT2D eigenvalue weighted by molar-refractivity contribution is 5.78. The lowest BCUT2D eigenvalue weighted by Gasteiger charge is -2.03. The summed E-state index contributed by atoms with van der Waals surface area (Å²) < 4.78 is 0. The van der Waals surface area contributed by atoms with Crippen LogP contribution in [0.3, 0.4) is 0 Å². The van der Waals surface area contributed by atoms with Gasteiger partial charge in [-0.1, -0.05) is 31.9 Å². The number of rotatable bonds is 9. The van der Waals surface area contributed by atoms with Gasteiger partial charge in [-0.2, -0.15) is 0 Å². The van der Waals surface area contributed by atoms with E-state index in [0.717, 1.165) is 12.7 Å². The van der Waals surface area contributed by atoms with Crippen molar-refractivity contribution in [3.63, 3.8) is 0 Å². The minimum atomic E-state index is -0.120. The van der Waals surface area contributed by atoms with Crippen molar-refractivity contribution in [3.05, 3.63) is 12.2 Å². The fourth-order valence-electron chi connectivity index (χ4n) is 1.46. The van der Waals surface area contributed by atoms with E-state index in [1.807, 2.05) is 6.08 Å². The van der Waals surface area contributed by atoms with Crippen LogP contribution >= 0.6 is 0 Å².